The van der Waals surface area contributed by atoms with Gasteiger partial charge in [0, 0.05) is 25.7 Å². The molecule has 0 radical (unpaired) electrons. The van der Waals surface area contributed by atoms with Crippen LogP contribution in [0.15, 0.2) is 10.2 Å². The van der Waals surface area contributed by atoms with Gasteiger partial charge in [0.25, 0.3) is 0 Å². The molecular weight excluding hydrogens is 950 g/mol. The topological polar surface area (TPSA) is 147 Å². The van der Waals surface area contributed by atoms with Gasteiger partial charge >= 0.3 is 83.5 Å². The minimum atomic E-state index is -8.62. The molecule has 0 saturated carbocycles. The smallest absolute Gasteiger partial charge is 0.460 e. The molecule has 360 valence electrons. The molecule has 0 aromatic heterocycles. The Morgan fingerprint density at radius 1 is 0.435 bits per heavy atom. The van der Waals surface area contributed by atoms with Crippen molar-refractivity contribution in [2.75, 3.05) is 0 Å². The highest BCUT2D eigenvalue weighted by atomic mass is 19.4. The van der Waals surface area contributed by atoms with Crippen molar-refractivity contribution in [3.8, 4) is 12.1 Å². The molecular formula is C28H22F26N4O4. The van der Waals surface area contributed by atoms with Crippen molar-refractivity contribution in [3.05, 3.63) is 0 Å². The minimum Gasteiger partial charge on any atom is -0.481 e. The molecule has 0 rings (SSSR count). The summed E-state index contributed by atoms with van der Waals surface area (Å²) in [5.74, 6) is -87.5. The van der Waals surface area contributed by atoms with Crippen LogP contribution in [0.1, 0.15) is 58.8 Å². The zero-order valence-corrected chi connectivity index (χ0v) is 29.8. The van der Waals surface area contributed by atoms with Gasteiger partial charge in [0.1, 0.15) is 0 Å². The Balaban J connectivity index is 7.89. The fraction of sp³-hybridized carbons (Fsp3) is 0.857. The van der Waals surface area contributed by atoms with Gasteiger partial charge in [0.15, 0.2) is 11.1 Å². The van der Waals surface area contributed by atoms with Crippen molar-refractivity contribution in [1.29, 1.82) is 10.5 Å². The summed E-state index contributed by atoms with van der Waals surface area (Å²) < 4.78 is 356. The predicted octanol–water partition coefficient (Wildman–Crippen LogP) is 11.4. The fourth-order valence-corrected chi connectivity index (χ4v) is 4.76. The second-order valence-electron chi connectivity index (χ2n) is 13.6. The monoisotopic (exact) mass is 972 g/mol. The Morgan fingerprint density at radius 2 is 0.710 bits per heavy atom. The summed E-state index contributed by atoms with van der Waals surface area (Å²) in [6.45, 7) is 0.744. The van der Waals surface area contributed by atoms with Crippen LogP contribution < -0.4 is 0 Å². The van der Waals surface area contributed by atoms with Gasteiger partial charge in [-0.05, 0) is 33.1 Å². The first-order valence-corrected chi connectivity index (χ1v) is 15.4. The van der Waals surface area contributed by atoms with E-state index in [1.54, 1.807) is 0 Å². The summed E-state index contributed by atoms with van der Waals surface area (Å²) in [6.07, 6.45) is -34.1. The number of nitriles is 2. The number of rotatable bonds is 22. The molecule has 2 unspecified atom stereocenters. The third-order valence-electron chi connectivity index (χ3n) is 8.77. The maximum Gasteiger partial charge on any atom is 0.460 e. The highest BCUT2D eigenvalue weighted by molar-refractivity contribution is 5.75. The van der Waals surface area contributed by atoms with E-state index in [0.29, 0.717) is 6.92 Å². The van der Waals surface area contributed by atoms with Gasteiger partial charge < -0.3 is 10.2 Å². The lowest BCUT2D eigenvalue weighted by Gasteiger charge is -2.42. The normalized spacial score (nSPS) is 17.3. The van der Waals surface area contributed by atoms with Gasteiger partial charge in [-0.1, -0.05) is 0 Å². The van der Waals surface area contributed by atoms with E-state index in [0.717, 1.165) is 6.07 Å². The van der Waals surface area contributed by atoms with E-state index in [-0.39, 0.29) is 6.92 Å². The predicted molar refractivity (Wildman–Crippen MR) is 144 cm³/mol. The molecule has 0 aliphatic heterocycles. The van der Waals surface area contributed by atoms with Crippen LogP contribution in [0.3, 0.4) is 0 Å². The number of alkyl halides is 26. The third kappa shape index (κ3) is 9.76. The summed E-state index contributed by atoms with van der Waals surface area (Å²) in [6, 6.07) is 2.02. The molecule has 0 heterocycles. The lowest BCUT2D eigenvalue weighted by molar-refractivity contribution is -0.440. The molecule has 2 atom stereocenters. The zero-order chi connectivity index (χ0) is 50.4. The van der Waals surface area contributed by atoms with Gasteiger partial charge in [-0.25, -0.2) is 0 Å². The lowest BCUT2D eigenvalue weighted by atomic mass is 9.69. The van der Waals surface area contributed by atoms with Crippen LogP contribution in [0.4, 0.5) is 114 Å². The van der Waals surface area contributed by atoms with Gasteiger partial charge in [0.2, 0.25) is 0 Å². The second-order valence-corrected chi connectivity index (χ2v) is 13.6. The summed E-state index contributed by atoms with van der Waals surface area (Å²) in [5, 5.41) is 43.6. The van der Waals surface area contributed by atoms with Crippen LogP contribution in [0.25, 0.3) is 0 Å². The average molecular weight is 972 g/mol. The number of carbonyl (C=O) groups is 2. The summed E-state index contributed by atoms with van der Waals surface area (Å²) in [4.78, 5) is 23.3. The first kappa shape index (κ1) is 57.7. The molecule has 0 aromatic carbocycles. The molecule has 0 aromatic rings. The van der Waals surface area contributed by atoms with Crippen molar-refractivity contribution in [2.45, 2.75) is 141 Å². The van der Waals surface area contributed by atoms with Gasteiger partial charge in [-0.15, -0.1) is 0 Å². The number of nitrogens with zero attached hydrogens (tertiary/aromatic N) is 4. The van der Waals surface area contributed by atoms with Crippen LogP contribution in [0.5, 0.6) is 0 Å². The molecule has 2 N–H and O–H groups in total. The highest BCUT2D eigenvalue weighted by Gasteiger charge is 2.92. The summed E-state index contributed by atoms with van der Waals surface area (Å²) in [5.41, 5.74) is -10.5. The summed E-state index contributed by atoms with van der Waals surface area (Å²) in [7, 11) is 0. The average Bonchev–Trinajstić information content (AvgIpc) is 3.09. The standard InChI is InChI=1S/C28H22F26N4O4/c1-14(10-55,4-3-12(59)60)57-58-15(2,11-56)9-16(13(61)62,5-7-17(29,30)19(33,34)21(37,38)23(41,42)25(45,46)27(49,50)51)6-8-18(31,32)20(35,36)22(39,40)24(43,44)26(47,48)28(52,53)54/h3-9H2,1-2H3,(H,59,60)(H,61,62). The quantitative estimate of drug-likeness (QED) is 0.0816. The molecule has 0 fully saturated rings. The van der Waals surface area contributed by atoms with E-state index in [9.17, 15) is 139 Å². The number of hydrogen-bond acceptors (Lipinski definition) is 6. The van der Waals surface area contributed by atoms with Crippen molar-refractivity contribution < 1.29 is 134 Å². The van der Waals surface area contributed by atoms with Crippen LogP contribution in [0, 0.1) is 28.1 Å². The van der Waals surface area contributed by atoms with Crippen molar-refractivity contribution in [3.63, 3.8) is 0 Å². The van der Waals surface area contributed by atoms with E-state index >= 15 is 0 Å². The first-order chi connectivity index (χ1) is 26.8. The zero-order valence-electron chi connectivity index (χ0n) is 29.8. The number of carboxylic acids is 2. The molecule has 34 heteroatoms. The maximum absolute atomic E-state index is 14.8. The number of halogens is 26. The van der Waals surface area contributed by atoms with Crippen LogP contribution in [-0.4, -0.2) is 105 Å². The Morgan fingerprint density at radius 3 is 0.952 bits per heavy atom. The number of hydrogen-bond donors (Lipinski definition) is 2. The van der Waals surface area contributed by atoms with Gasteiger partial charge in [-0.3, -0.25) is 9.59 Å². The highest BCUT2D eigenvalue weighted by Crippen LogP contribution is 2.63. The fourth-order valence-electron chi connectivity index (χ4n) is 4.76. The van der Waals surface area contributed by atoms with Crippen LogP contribution in [0.2, 0.25) is 0 Å². The Hall–Kier alpha value is -4.30. The Bertz CT molecular complexity index is 1680. The van der Waals surface area contributed by atoms with E-state index in [4.69, 9.17) is 5.11 Å². The van der Waals surface area contributed by atoms with Gasteiger partial charge in [0.05, 0.1) is 17.6 Å². The third-order valence-corrected chi connectivity index (χ3v) is 8.77. The number of aliphatic carboxylic acids is 2. The van der Waals surface area contributed by atoms with E-state index in [2.05, 4.69) is 10.2 Å². The van der Waals surface area contributed by atoms with Crippen molar-refractivity contribution >= 4 is 11.9 Å². The molecule has 8 nitrogen and oxygen atoms in total. The van der Waals surface area contributed by atoms with E-state index < -0.39 is 145 Å². The molecule has 62 heavy (non-hydrogen) atoms. The molecule has 0 amide bonds. The first-order valence-electron chi connectivity index (χ1n) is 15.4. The molecule has 0 saturated heterocycles. The molecule has 0 aliphatic rings. The van der Waals surface area contributed by atoms with Crippen molar-refractivity contribution in [2.24, 2.45) is 15.6 Å². The van der Waals surface area contributed by atoms with Gasteiger partial charge in [-0.2, -0.15) is 135 Å². The van der Waals surface area contributed by atoms with Crippen LogP contribution in [-0.2, 0) is 9.59 Å². The molecule has 0 aliphatic carbocycles. The maximum atomic E-state index is 14.8. The van der Waals surface area contributed by atoms with Crippen molar-refractivity contribution in [1.82, 2.24) is 0 Å². The number of azo groups is 1. The van der Waals surface area contributed by atoms with Crippen LogP contribution >= 0.6 is 0 Å². The van der Waals surface area contributed by atoms with E-state index in [1.165, 1.54) is 6.07 Å². The van der Waals surface area contributed by atoms with E-state index in [1.807, 2.05) is 0 Å². The number of carboxylic acid groups (broad SMARTS) is 2. The minimum absolute atomic E-state index is 0.116. The SMILES string of the molecule is CC(C#N)(CCC(=O)O)N=NC(C)(C#N)CC(CCC(F)(F)C(F)(F)C(F)(F)C(F)(F)C(F)(F)C(F)(F)F)(CCC(F)(F)C(F)(F)C(F)(F)C(F)(F)C(F)(F)C(F)(F)F)C(=O)O. The Kier molecular flexibility index (Phi) is 15.5. The molecule has 0 bridgehead atoms. The Labute approximate surface area is 326 Å². The summed E-state index contributed by atoms with van der Waals surface area (Å²) >= 11 is 0. The lowest BCUT2D eigenvalue weighted by Crippen LogP contribution is -2.70. The molecule has 0 spiro atoms. The second kappa shape index (κ2) is 16.7. The largest absolute Gasteiger partial charge is 0.481 e.